The Balaban J connectivity index is 2.45. The summed E-state index contributed by atoms with van der Waals surface area (Å²) in [5, 5.41) is 0. The Kier molecular flexibility index (Phi) is 4.20. The standard InChI is InChI=1S/C12H20O/c1-10(2)12(13)11-8-6-4-3-5-7-9-11/h11H,1,3-9H2,2H3. The van der Waals surface area contributed by atoms with Crippen molar-refractivity contribution >= 4 is 5.78 Å². The number of hydrogen-bond acceptors (Lipinski definition) is 1. The van der Waals surface area contributed by atoms with Gasteiger partial charge in [-0.25, -0.2) is 0 Å². The topological polar surface area (TPSA) is 17.1 Å². The second-order valence-corrected chi connectivity index (χ2v) is 4.19. The SMILES string of the molecule is C=C(C)C(=O)C1CCCCCCC1. The molecule has 0 aliphatic heterocycles. The third-order valence-electron chi connectivity index (χ3n) is 2.90. The first kappa shape index (κ1) is 10.5. The fraction of sp³-hybridized carbons (Fsp3) is 0.750. The Labute approximate surface area is 81.2 Å². The summed E-state index contributed by atoms with van der Waals surface area (Å²) in [6, 6.07) is 0. The zero-order chi connectivity index (χ0) is 9.68. The second-order valence-electron chi connectivity index (χ2n) is 4.19. The van der Waals surface area contributed by atoms with Gasteiger partial charge in [0.1, 0.15) is 0 Å². The molecule has 0 saturated heterocycles. The van der Waals surface area contributed by atoms with Crippen molar-refractivity contribution in [3.63, 3.8) is 0 Å². The quantitative estimate of drug-likeness (QED) is 0.594. The molecule has 0 aromatic carbocycles. The van der Waals surface area contributed by atoms with Crippen LogP contribution in [0.3, 0.4) is 0 Å². The number of hydrogen-bond donors (Lipinski definition) is 0. The van der Waals surface area contributed by atoms with Gasteiger partial charge < -0.3 is 0 Å². The summed E-state index contributed by atoms with van der Waals surface area (Å²) < 4.78 is 0. The lowest BCUT2D eigenvalue weighted by molar-refractivity contribution is -0.119. The van der Waals surface area contributed by atoms with Crippen LogP contribution in [-0.4, -0.2) is 5.78 Å². The van der Waals surface area contributed by atoms with E-state index < -0.39 is 0 Å². The van der Waals surface area contributed by atoms with Gasteiger partial charge in [0.2, 0.25) is 0 Å². The van der Waals surface area contributed by atoms with Crippen molar-refractivity contribution < 1.29 is 4.79 Å². The van der Waals surface area contributed by atoms with E-state index in [0.717, 1.165) is 18.4 Å². The van der Waals surface area contributed by atoms with Gasteiger partial charge in [-0.15, -0.1) is 0 Å². The summed E-state index contributed by atoms with van der Waals surface area (Å²) in [7, 11) is 0. The monoisotopic (exact) mass is 180 g/mol. The van der Waals surface area contributed by atoms with Crippen LogP contribution in [0.1, 0.15) is 51.9 Å². The molecule has 0 aromatic rings. The van der Waals surface area contributed by atoms with Gasteiger partial charge in [0.15, 0.2) is 5.78 Å². The molecule has 0 bridgehead atoms. The minimum absolute atomic E-state index is 0.290. The Hall–Kier alpha value is -0.590. The first-order chi connectivity index (χ1) is 6.22. The lowest BCUT2D eigenvalue weighted by Crippen LogP contribution is -2.16. The summed E-state index contributed by atoms with van der Waals surface area (Å²) >= 11 is 0. The van der Waals surface area contributed by atoms with Crippen LogP contribution >= 0.6 is 0 Å². The molecule has 0 amide bonds. The minimum atomic E-state index is 0.290. The predicted molar refractivity (Wildman–Crippen MR) is 55.6 cm³/mol. The summed E-state index contributed by atoms with van der Waals surface area (Å²) in [6.45, 7) is 5.57. The number of rotatable bonds is 2. The molecule has 0 aromatic heterocycles. The van der Waals surface area contributed by atoms with Crippen LogP contribution in [0.2, 0.25) is 0 Å². The smallest absolute Gasteiger partial charge is 0.161 e. The van der Waals surface area contributed by atoms with Gasteiger partial charge in [-0.05, 0) is 25.3 Å². The van der Waals surface area contributed by atoms with Gasteiger partial charge in [0, 0.05) is 5.92 Å². The van der Waals surface area contributed by atoms with Crippen LogP contribution in [0.4, 0.5) is 0 Å². The fourth-order valence-corrected chi connectivity index (χ4v) is 2.07. The number of carbonyl (C=O) groups is 1. The van der Waals surface area contributed by atoms with E-state index in [2.05, 4.69) is 6.58 Å². The molecule has 1 aliphatic carbocycles. The zero-order valence-electron chi connectivity index (χ0n) is 8.64. The maximum Gasteiger partial charge on any atom is 0.161 e. The molecule has 0 unspecified atom stereocenters. The molecule has 0 heterocycles. The zero-order valence-corrected chi connectivity index (χ0v) is 8.64. The van der Waals surface area contributed by atoms with Crippen molar-refractivity contribution in [2.24, 2.45) is 5.92 Å². The Bertz CT molecular complexity index is 185. The molecular formula is C12H20O. The predicted octanol–water partition coefficient (Wildman–Crippen LogP) is 3.49. The van der Waals surface area contributed by atoms with Gasteiger partial charge >= 0.3 is 0 Å². The molecule has 1 nitrogen and oxygen atoms in total. The fourth-order valence-electron chi connectivity index (χ4n) is 2.07. The molecule has 1 aliphatic rings. The van der Waals surface area contributed by atoms with Crippen LogP contribution in [0.25, 0.3) is 0 Å². The van der Waals surface area contributed by atoms with E-state index in [1.165, 1.54) is 32.1 Å². The summed E-state index contributed by atoms with van der Waals surface area (Å²) in [5.74, 6) is 0.597. The van der Waals surface area contributed by atoms with Gasteiger partial charge in [-0.3, -0.25) is 4.79 Å². The van der Waals surface area contributed by atoms with Gasteiger partial charge in [0.05, 0.1) is 0 Å². The summed E-state index contributed by atoms with van der Waals surface area (Å²) in [4.78, 5) is 11.7. The summed E-state index contributed by atoms with van der Waals surface area (Å²) in [5.41, 5.74) is 0.741. The first-order valence-corrected chi connectivity index (χ1v) is 5.41. The average Bonchev–Trinajstić information content (AvgIpc) is 2.02. The normalized spacial score (nSPS) is 20.4. The van der Waals surface area contributed by atoms with E-state index >= 15 is 0 Å². The second kappa shape index (κ2) is 5.21. The van der Waals surface area contributed by atoms with Crippen LogP contribution < -0.4 is 0 Å². The van der Waals surface area contributed by atoms with E-state index in [0.29, 0.717) is 5.78 Å². The maximum atomic E-state index is 11.7. The molecule has 0 spiro atoms. The lowest BCUT2D eigenvalue weighted by atomic mass is 9.86. The highest BCUT2D eigenvalue weighted by atomic mass is 16.1. The molecule has 13 heavy (non-hydrogen) atoms. The van der Waals surface area contributed by atoms with Crippen molar-refractivity contribution in [1.29, 1.82) is 0 Å². The molecule has 1 saturated carbocycles. The molecular weight excluding hydrogens is 160 g/mol. The van der Waals surface area contributed by atoms with Crippen LogP contribution in [0, 0.1) is 5.92 Å². The van der Waals surface area contributed by atoms with E-state index in [4.69, 9.17) is 0 Å². The number of carbonyl (C=O) groups excluding carboxylic acids is 1. The highest BCUT2D eigenvalue weighted by Crippen LogP contribution is 2.24. The largest absolute Gasteiger partial charge is 0.294 e. The van der Waals surface area contributed by atoms with Crippen molar-refractivity contribution in [1.82, 2.24) is 0 Å². The van der Waals surface area contributed by atoms with Crippen molar-refractivity contribution in [3.05, 3.63) is 12.2 Å². The molecule has 1 heteroatoms. The van der Waals surface area contributed by atoms with Crippen molar-refractivity contribution in [2.75, 3.05) is 0 Å². The maximum absolute atomic E-state index is 11.7. The third-order valence-corrected chi connectivity index (χ3v) is 2.90. The highest BCUT2D eigenvalue weighted by molar-refractivity contribution is 5.95. The molecule has 0 radical (unpaired) electrons. The number of allylic oxidation sites excluding steroid dienone is 1. The van der Waals surface area contributed by atoms with Gasteiger partial charge in [-0.1, -0.05) is 38.7 Å². The number of ketones is 1. The average molecular weight is 180 g/mol. The molecule has 0 N–H and O–H groups in total. The van der Waals surface area contributed by atoms with Crippen LogP contribution in [0.15, 0.2) is 12.2 Å². The minimum Gasteiger partial charge on any atom is -0.294 e. The lowest BCUT2D eigenvalue weighted by Gasteiger charge is -2.18. The van der Waals surface area contributed by atoms with E-state index in [1.54, 1.807) is 0 Å². The Morgan fingerprint density at radius 1 is 1.08 bits per heavy atom. The Morgan fingerprint density at radius 3 is 2.00 bits per heavy atom. The van der Waals surface area contributed by atoms with Gasteiger partial charge in [0.25, 0.3) is 0 Å². The number of Topliss-reactive ketones (excluding diaryl/α,β-unsaturated/α-hetero) is 1. The highest BCUT2D eigenvalue weighted by Gasteiger charge is 2.19. The first-order valence-electron chi connectivity index (χ1n) is 5.41. The molecule has 74 valence electrons. The summed E-state index contributed by atoms with van der Waals surface area (Å²) in [6.07, 6.45) is 8.60. The van der Waals surface area contributed by atoms with E-state index in [1.807, 2.05) is 6.92 Å². The van der Waals surface area contributed by atoms with Crippen LogP contribution in [-0.2, 0) is 4.79 Å². The molecule has 1 fully saturated rings. The van der Waals surface area contributed by atoms with Crippen LogP contribution in [0.5, 0.6) is 0 Å². The third kappa shape index (κ3) is 3.33. The Morgan fingerprint density at radius 2 is 1.54 bits per heavy atom. The van der Waals surface area contributed by atoms with Gasteiger partial charge in [-0.2, -0.15) is 0 Å². The van der Waals surface area contributed by atoms with Crippen molar-refractivity contribution in [2.45, 2.75) is 51.9 Å². The van der Waals surface area contributed by atoms with E-state index in [9.17, 15) is 4.79 Å². The molecule has 1 rings (SSSR count). The van der Waals surface area contributed by atoms with Crippen molar-refractivity contribution in [3.8, 4) is 0 Å². The van der Waals surface area contributed by atoms with E-state index in [-0.39, 0.29) is 5.92 Å². The molecule has 0 atom stereocenters.